The van der Waals surface area contributed by atoms with Gasteiger partial charge in [0.2, 0.25) is 5.91 Å². The van der Waals surface area contributed by atoms with Crippen molar-refractivity contribution in [2.75, 3.05) is 19.0 Å². The van der Waals surface area contributed by atoms with E-state index in [-0.39, 0.29) is 33.3 Å². The van der Waals surface area contributed by atoms with Crippen molar-refractivity contribution in [1.29, 1.82) is 0 Å². The van der Waals surface area contributed by atoms with Crippen LogP contribution in [-0.4, -0.2) is 41.3 Å². The van der Waals surface area contributed by atoms with Gasteiger partial charge in [0.1, 0.15) is 15.9 Å². The fourth-order valence-corrected chi connectivity index (χ4v) is 3.78. The second-order valence-electron chi connectivity index (χ2n) is 6.25. The number of rotatable bonds is 6. The Labute approximate surface area is 174 Å². The number of aromatic nitrogens is 2. The molecule has 0 aliphatic rings. The zero-order valence-corrected chi connectivity index (χ0v) is 17.7. The SMILES string of the molecule is CCOC(=O)c1sc(NC(=O)C(C)n2nc(C(F)(F)F)cc2C)c(C(=O)OC)c1C. The first-order valence-electron chi connectivity index (χ1n) is 8.75. The molecule has 2 aromatic heterocycles. The molecule has 2 aromatic rings. The molecule has 30 heavy (non-hydrogen) atoms. The van der Waals surface area contributed by atoms with E-state index < -0.39 is 35.8 Å². The summed E-state index contributed by atoms with van der Waals surface area (Å²) in [6.07, 6.45) is -4.65. The number of hydrogen-bond acceptors (Lipinski definition) is 7. The molecule has 1 N–H and O–H groups in total. The Kier molecular flexibility index (Phi) is 6.91. The smallest absolute Gasteiger partial charge is 0.435 e. The van der Waals surface area contributed by atoms with Gasteiger partial charge < -0.3 is 14.8 Å². The first kappa shape index (κ1) is 23.4. The molecule has 0 aliphatic heterocycles. The third-order valence-corrected chi connectivity index (χ3v) is 5.38. The number of alkyl halides is 3. The molecule has 0 spiro atoms. The molecule has 0 saturated carbocycles. The molecule has 0 bridgehead atoms. The van der Waals surface area contributed by atoms with Gasteiger partial charge in [0, 0.05) is 5.69 Å². The van der Waals surface area contributed by atoms with Crippen LogP contribution in [0.5, 0.6) is 0 Å². The molecule has 0 fully saturated rings. The highest BCUT2D eigenvalue weighted by Gasteiger charge is 2.36. The molecule has 164 valence electrons. The van der Waals surface area contributed by atoms with E-state index in [0.29, 0.717) is 0 Å². The van der Waals surface area contributed by atoms with Gasteiger partial charge in [-0.2, -0.15) is 18.3 Å². The maximum absolute atomic E-state index is 12.9. The molecule has 0 radical (unpaired) electrons. The largest absolute Gasteiger partial charge is 0.465 e. The van der Waals surface area contributed by atoms with Gasteiger partial charge in [-0.05, 0) is 39.3 Å². The van der Waals surface area contributed by atoms with Crippen LogP contribution in [0.4, 0.5) is 18.2 Å². The highest BCUT2D eigenvalue weighted by Crippen LogP contribution is 2.35. The van der Waals surface area contributed by atoms with Gasteiger partial charge in [0.05, 0.1) is 19.3 Å². The van der Waals surface area contributed by atoms with Crippen LogP contribution in [0.1, 0.15) is 56.9 Å². The van der Waals surface area contributed by atoms with Crippen LogP contribution in [0, 0.1) is 13.8 Å². The number of esters is 2. The summed E-state index contributed by atoms with van der Waals surface area (Å²) in [5, 5.41) is 5.98. The average molecular weight is 447 g/mol. The van der Waals surface area contributed by atoms with Crippen LogP contribution in [0.15, 0.2) is 6.07 Å². The molecule has 1 amide bonds. The molecule has 0 aliphatic carbocycles. The first-order valence-corrected chi connectivity index (χ1v) is 9.57. The van der Waals surface area contributed by atoms with Crippen molar-refractivity contribution in [2.24, 2.45) is 0 Å². The van der Waals surface area contributed by atoms with Crippen molar-refractivity contribution in [1.82, 2.24) is 9.78 Å². The van der Waals surface area contributed by atoms with Crippen LogP contribution >= 0.6 is 11.3 Å². The lowest BCUT2D eigenvalue weighted by Gasteiger charge is -2.14. The minimum absolute atomic E-state index is 0.0279. The lowest BCUT2D eigenvalue weighted by Crippen LogP contribution is -2.26. The Morgan fingerprint density at radius 2 is 1.90 bits per heavy atom. The van der Waals surface area contributed by atoms with Crippen molar-refractivity contribution >= 4 is 34.2 Å². The van der Waals surface area contributed by atoms with Crippen LogP contribution < -0.4 is 5.32 Å². The number of methoxy groups -OCH3 is 1. The molecular weight excluding hydrogens is 427 g/mol. The maximum atomic E-state index is 12.9. The number of amides is 1. The number of ether oxygens (including phenoxy) is 2. The lowest BCUT2D eigenvalue weighted by atomic mass is 10.1. The van der Waals surface area contributed by atoms with E-state index in [2.05, 4.69) is 10.4 Å². The molecular formula is C18H20F3N3O5S. The molecule has 2 rings (SSSR count). The Balaban J connectivity index is 2.38. The van der Waals surface area contributed by atoms with Crippen molar-refractivity contribution < 1.29 is 37.0 Å². The summed E-state index contributed by atoms with van der Waals surface area (Å²) in [4.78, 5) is 37.1. The minimum atomic E-state index is -4.65. The van der Waals surface area contributed by atoms with Crippen molar-refractivity contribution in [2.45, 2.75) is 39.9 Å². The van der Waals surface area contributed by atoms with E-state index in [9.17, 15) is 27.6 Å². The molecule has 1 unspecified atom stereocenters. The topological polar surface area (TPSA) is 99.5 Å². The van der Waals surface area contributed by atoms with E-state index in [0.717, 1.165) is 29.2 Å². The van der Waals surface area contributed by atoms with Crippen molar-refractivity contribution in [3.8, 4) is 0 Å². The normalized spacial score (nSPS) is 12.4. The summed E-state index contributed by atoms with van der Waals surface area (Å²) >= 11 is 0.815. The zero-order chi connectivity index (χ0) is 22.8. The minimum Gasteiger partial charge on any atom is -0.465 e. The summed E-state index contributed by atoms with van der Waals surface area (Å²) in [6, 6.07) is -0.294. The van der Waals surface area contributed by atoms with Crippen LogP contribution in [-0.2, 0) is 20.4 Å². The quantitative estimate of drug-likeness (QED) is 0.678. The third kappa shape index (κ3) is 4.64. The van der Waals surface area contributed by atoms with E-state index in [1.165, 1.54) is 20.8 Å². The Morgan fingerprint density at radius 1 is 1.27 bits per heavy atom. The molecule has 0 saturated heterocycles. The second kappa shape index (κ2) is 8.86. The first-order chi connectivity index (χ1) is 13.9. The number of nitrogens with one attached hydrogen (secondary N) is 1. The summed E-state index contributed by atoms with van der Waals surface area (Å²) in [7, 11) is 1.14. The zero-order valence-electron chi connectivity index (χ0n) is 16.8. The van der Waals surface area contributed by atoms with Gasteiger partial charge in [-0.1, -0.05) is 0 Å². The summed E-state index contributed by atoms with van der Waals surface area (Å²) in [6.45, 7) is 5.98. The van der Waals surface area contributed by atoms with Gasteiger partial charge in [-0.25, -0.2) is 9.59 Å². The van der Waals surface area contributed by atoms with Gasteiger partial charge in [0.25, 0.3) is 0 Å². The fraction of sp³-hybridized carbons (Fsp3) is 0.444. The van der Waals surface area contributed by atoms with Crippen molar-refractivity contribution in [3.05, 3.63) is 33.5 Å². The van der Waals surface area contributed by atoms with E-state index in [1.54, 1.807) is 6.92 Å². The third-order valence-electron chi connectivity index (χ3n) is 4.19. The number of hydrogen-bond donors (Lipinski definition) is 1. The highest BCUT2D eigenvalue weighted by molar-refractivity contribution is 7.18. The van der Waals surface area contributed by atoms with Gasteiger partial charge in [-0.15, -0.1) is 11.3 Å². The number of carbonyl (C=O) groups is 3. The number of anilines is 1. The molecule has 1 atom stereocenters. The van der Waals surface area contributed by atoms with Crippen LogP contribution in [0.25, 0.3) is 0 Å². The van der Waals surface area contributed by atoms with Crippen LogP contribution in [0.2, 0.25) is 0 Å². The van der Waals surface area contributed by atoms with E-state index >= 15 is 0 Å². The predicted octanol–water partition coefficient (Wildman–Crippen LogP) is 3.74. The average Bonchev–Trinajstić information content (AvgIpc) is 3.21. The van der Waals surface area contributed by atoms with Gasteiger partial charge in [-0.3, -0.25) is 9.48 Å². The number of carbonyl (C=O) groups excluding carboxylic acids is 3. The molecule has 12 heteroatoms. The standard InChI is InChI=1S/C18H20F3N3O5S/c1-6-29-17(27)13-9(3)12(16(26)28-5)15(30-13)22-14(25)10(4)24-8(2)7-11(23-24)18(19,20)21/h7,10H,6H2,1-5H3,(H,22,25). The van der Waals surface area contributed by atoms with Crippen LogP contribution in [0.3, 0.4) is 0 Å². The molecule has 8 nitrogen and oxygen atoms in total. The number of nitrogens with zero attached hydrogens (tertiary/aromatic N) is 2. The Morgan fingerprint density at radius 3 is 2.40 bits per heavy atom. The van der Waals surface area contributed by atoms with Gasteiger partial charge in [0.15, 0.2) is 5.69 Å². The highest BCUT2D eigenvalue weighted by atomic mass is 32.1. The lowest BCUT2D eigenvalue weighted by molar-refractivity contribution is -0.141. The second-order valence-corrected chi connectivity index (χ2v) is 7.27. The predicted molar refractivity (Wildman–Crippen MR) is 102 cm³/mol. The van der Waals surface area contributed by atoms with Crippen molar-refractivity contribution in [3.63, 3.8) is 0 Å². The number of thiophene rings is 1. The summed E-state index contributed by atoms with van der Waals surface area (Å²) < 4.78 is 49.3. The van der Waals surface area contributed by atoms with Gasteiger partial charge >= 0.3 is 18.1 Å². The van der Waals surface area contributed by atoms with E-state index in [4.69, 9.17) is 9.47 Å². The summed E-state index contributed by atoms with van der Waals surface area (Å²) in [5.74, 6) is -2.18. The Hall–Kier alpha value is -2.89. The summed E-state index contributed by atoms with van der Waals surface area (Å²) in [5.41, 5.74) is -0.749. The number of aryl methyl sites for hydroxylation is 1. The Bertz CT molecular complexity index is 981. The maximum Gasteiger partial charge on any atom is 0.435 e. The van der Waals surface area contributed by atoms with E-state index in [1.807, 2.05) is 0 Å². The number of halogens is 3. The monoisotopic (exact) mass is 447 g/mol. The molecule has 0 aromatic carbocycles. The molecule has 2 heterocycles. The fourth-order valence-electron chi connectivity index (χ4n) is 2.69.